The average Bonchev–Trinajstić information content (AvgIpc) is 3.16. The van der Waals surface area contributed by atoms with E-state index in [4.69, 9.17) is 16.6 Å². The summed E-state index contributed by atoms with van der Waals surface area (Å²) in [7, 11) is 0. The number of unbranched alkanes of at least 4 members (excludes halogenated alkanes) is 4. The number of hydrogen-bond donors (Lipinski definition) is 3. The fourth-order valence-electron chi connectivity index (χ4n) is 2.52. The standard InChI is InChI=1S/C20H25N3O3S/c1-2-3-4-5-6-12-18(24)23-20(27)22-16-10-7-9-15(14-16)21-19(25)17-11-8-13-26-17/h7-11,13-14H,2-6,12H2,1H3,(H,21,25)(H2,22,23,24,27). The lowest BCUT2D eigenvalue weighted by atomic mass is 10.1. The van der Waals surface area contributed by atoms with Gasteiger partial charge in [0.2, 0.25) is 5.91 Å². The van der Waals surface area contributed by atoms with Crippen molar-refractivity contribution in [2.24, 2.45) is 0 Å². The van der Waals surface area contributed by atoms with Crippen LogP contribution in [0.2, 0.25) is 0 Å². The summed E-state index contributed by atoms with van der Waals surface area (Å²) in [4.78, 5) is 23.9. The van der Waals surface area contributed by atoms with Crippen molar-refractivity contribution in [3.8, 4) is 0 Å². The first kappa shape index (κ1) is 20.6. The monoisotopic (exact) mass is 387 g/mol. The Morgan fingerprint density at radius 3 is 2.44 bits per heavy atom. The Hall–Kier alpha value is -2.67. The molecular weight excluding hydrogens is 362 g/mol. The van der Waals surface area contributed by atoms with E-state index in [1.807, 2.05) is 0 Å². The quantitative estimate of drug-likeness (QED) is 0.429. The second kappa shape index (κ2) is 11.1. The summed E-state index contributed by atoms with van der Waals surface area (Å²) < 4.78 is 5.06. The van der Waals surface area contributed by atoms with Crippen LogP contribution in [0.1, 0.15) is 56.0 Å². The lowest BCUT2D eigenvalue weighted by molar-refractivity contribution is -0.119. The zero-order chi connectivity index (χ0) is 19.5. The van der Waals surface area contributed by atoms with Crippen molar-refractivity contribution in [3.63, 3.8) is 0 Å². The third kappa shape index (κ3) is 7.62. The number of amides is 2. The Morgan fingerprint density at radius 1 is 1.00 bits per heavy atom. The zero-order valence-corrected chi connectivity index (χ0v) is 16.2. The van der Waals surface area contributed by atoms with Gasteiger partial charge in [-0.3, -0.25) is 9.59 Å². The second-order valence-corrected chi connectivity index (χ2v) is 6.59. The van der Waals surface area contributed by atoms with Gasteiger partial charge < -0.3 is 20.4 Å². The fraction of sp³-hybridized carbons (Fsp3) is 0.350. The van der Waals surface area contributed by atoms with Crippen LogP contribution >= 0.6 is 12.2 Å². The molecule has 0 saturated carbocycles. The molecular formula is C20H25N3O3S. The molecule has 2 aromatic rings. The first-order valence-electron chi connectivity index (χ1n) is 9.14. The molecule has 0 spiro atoms. The third-order valence-electron chi connectivity index (χ3n) is 3.88. The van der Waals surface area contributed by atoms with Gasteiger partial charge in [-0.25, -0.2) is 0 Å². The average molecular weight is 388 g/mol. The molecule has 0 saturated heterocycles. The number of rotatable bonds is 9. The number of hydrogen-bond acceptors (Lipinski definition) is 4. The number of carbonyl (C=O) groups excluding carboxylic acids is 2. The number of nitrogens with one attached hydrogen (secondary N) is 3. The van der Waals surface area contributed by atoms with Gasteiger partial charge in [0.1, 0.15) is 0 Å². The molecule has 7 heteroatoms. The minimum absolute atomic E-state index is 0.0914. The van der Waals surface area contributed by atoms with Crippen molar-refractivity contribution < 1.29 is 14.0 Å². The normalized spacial score (nSPS) is 10.3. The first-order valence-corrected chi connectivity index (χ1v) is 9.55. The summed E-state index contributed by atoms with van der Waals surface area (Å²) in [6.07, 6.45) is 7.36. The molecule has 1 aromatic heterocycles. The molecule has 0 aliphatic carbocycles. The number of benzene rings is 1. The van der Waals surface area contributed by atoms with Crippen molar-refractivity contribution >= 4 is 40.5 Å². The maximum atomic E-state index is 12.0. The molecule has 1 heterocycles. The smallest absolute Gasteiger partial charge is 0.291 e. The van der Waals surface area contributed by atoms with Crippen molar-refractivity contribution in [3.05, 3.63) is 48.4 Å². The van der Waals surface area contributed by atoms with Gasteiger partial charge in [0, 0.05) is 17.8 Å². The number of carbonyl (C=O) groups is 2. The Balaban J connectivity index is 1.78. The van der Waals surface area contributed by atoms with Gasteiger partial charge in [-0.2, -0.15) is 0 Å². The molecule has 2 rings (SSSR count). The Bertz CT molecular complexity index is 760. The first-order chi connectivity index (χ1) is 13.1. The van der Waals surface area contributed by atoms with Crippen molar-refractivity contribution in [1.82, 2.24) is 5.32 Å². The zero-order valence-electron chi connectivity index (χ0n) is 15.4. The summed E-state index contributed by atoms with van der Waals surface area (Å²) >= 11 is 5.18. The molecule has 6 nitrogen and oxygen atoms in total. The van der Waals surface area contributed by atoms with Crippen molar-refractivity contribution in [2.75, 3.05) is 10.6 Å². The van der Waals surface area contributed by atoms with Crippen LogP contribution in [0, 0.1) is 0 Å². The maximum Gasteiger partial charge on any atom is 0.291 e. The van der Waals surface area contributed by atoms with Crippen molar-refractivity contribution in [1.29, 1.82) is 0 Å². The summed E-state index contributed by atoms with van der Waals surface area (Å²) in [5, 5.41) is 8.62. The van der Waals surface area contributed by atoms with E-state index >= 15 is 0 Å². The van der Waals surface area contributed by atoms with E-state index in [0.29, 0.717) is 17.8 Å². The SMILES string of the molecule is CCCCCCCC(=O)NC(=S)Nc1cccc(NC(=O)c2ccco2)c1. The van der Waals surface area contributed by atoms with Gasteiger partial charge in [-0.05, 0) is 49.0 Å². The summed E-state index contributed by atoms with van der Waals surface area (Å²) in [6, 6.07) is 10.3. The van der Waals surface area contributed by atoms with E-state index in [1.54, 1.807) is 36.4 Å². The number of furan rings is 1. The van der Waals surface area contributed by atoms with Crippen LogP contribution < -0.4 is 16.0 Å². The van der Waals surface area contributed by atoms with Gasteiger partial charge in [-0.15, -0.1) is 0 Å². The highest BCUT2D eigenvalue weighted by molar-refractivity contribution is 7.80. The van der Waals surface area contributed by atoms with E-state index in [9.17, 15) is 9.59 Å². The molecule has 0 aliphatic heterocycles. The summed E-state index contributed by atoms with van der Waals surface area (Å²) in [5.74, 6) is -0.197. The second-order valence-electron chi connectivity index (χ2n) is 6.18. The molecule has 0 aliphatic rings. The van der Waals surface area contributed by atoms with Gasteiger partial charge in [0.05, 0.1) is 6.26 Å². The van der Waals surface area contributed by atoms with Crippen LogP contribution in [0.3, 0.4) is 0 Å². The van der Waals surface area contributed by atoms with Crippen LogP contribution in [-0.2, 0) is 4.79 Å². The molecule has 0 fully saturated rings. The molecule has 3 N–H and O–H groups in total. The highest BCUT2D eigenvalue weighted by Gasteiger charge is 2.09. The molecule has 27 heavy (non-hydrogen) atoms. The van der Waals surface area contributed by atoms with Gasteiger partial charge >= 0.3 is 0 Å². The van der Waals surface area contributed by atoms with Gasteiger partial charge in [0.15, 0.2) is 10.9 Å². The predicted molar refractivity (Wildman–Crippen MR) is 111 cm³/mol. The molecule has 0 atom stereocenters. The van der Waals surface area contributed by atoms with Crippen LogP contribution in [0.25, 0.3) is 0 Å². The maximum absolute atomic E-state index is 12.0. The fourth-order valence-corrected chi connectivity index (χ4v) is 2.75. The molecule has 144 valence electrons. The largest absolute Gasteiger partial charge is 0.459 e. The molecule has 2 amide bonds. The molecule has 0 unspecified atom stereocenters. The van der Waals surface area contributed by atoms with Gasteiger partial charge in [-0.1, -0.05) is 38.7 Å². The predicted octanol–water partition coefficient (Wildman–Crippen LogP) is 4.71. The van der Waals surface area contributed by atoms with Crippen LogP contribution in [0.4, 0.5) is 11.4 Å². The number of thiocarbonyl (C=S) groups is 1. The van der Waals surface area contributed by atoms with Crippen molar-refractivity contribution in [2.45, 2.75) is 45.4 Å². The Labute approximate surface area is 164 Å². The summed E-state index contributed by atoms with van der Waals surface area (Å²) in [6.45, 7) is 2.16. The van der Waals surface area contributed by atoms with E-state index in [1.165, 1.54) is 19.1 Å². The van der Waals surface area contributed by atoms with Crippen LogP contribution in [-0.4, -0.2) is 16.9 Å². The topological polar surface area (TPSA) is 83.4 Å². The van der Waals surface area contributed by atoms with E-state index in [0.717, 1.165) is 19.3 Å². The lowest BCUT2D eigenvalue weighted by Gasteiger charge is -2.11. The minimum atomic E-state index is -0.337. The minimum Gasteiger partial charge on any atom is -0.459 e. The number of anilines is 2. The van der Waals surface area contributed by atoms with Crippen LogP contribution in [0.5, 0.6) is 0 Å². The van der Waals surface area contributed by atoms with E-state index in [-0.39, 0.29) is 22.7 Å². The van der Waals surface area contributed by atoms with Gasteiger partial charge in [0.25, 0.3) is 5.91 Å². The highest BCUT2D eigenvalue weighted by Crippen LogP contribution is 2.16. The molecule has 0 radical (unpaired) electrons. The lowest BCUT2D eigenvalue weighted by Crippen LogP contribution is -2.33. The van der Waals surface area contributed by atoms with Crippen LogP contribution in [0.15, 0.2) is 47.1 Å². The molecule has 1 aromatic carbocycles. The van der Waals surface area contributed by atoms with E-state index in [2.05, 4.69) is 22.9 Å². The highest BCUT2D eigenvalue weighted by atomic mass is 32.1. The Morgan fingerprint density at radius 2 is 1.74 bits per heavy atom. The van der Waals surface area contributed by atoms with E-state index < -0.39 is 0 Å². The summed E-state index contributed by atoms with van der Waals surface area (Å²) in [5.41, 5.74) is 1.26. The third-order valence-corrected chi connectivity index (χ3v) is 4.09. The Kier molecular flexibility index (Phi) is 8.51. The molecule has 0 bridgehead atoms.